The van der Waals surface area contributed by atoms with E-state index >= 15 is 0 Å². The van der Waals surface area contributed by atoms with E-state index in [4.69, 9.17) is 5.48 Å². The molecule has 1 aromatic carbocycles. The highest BCUT2D eigenvalue weighted by Gasteiger charge is 2.01. The van der Waals surface area contributed by atoms with Gasteiger partial charge in [-0.3, -0.25) is 10.1 Å². The summed E-state index contributed by atoms with van der Waals surface area (Å²) >= 11 is 0. The molecule has 1 aromatic rings. The fourth-order valence-corrected chi connectivity index (χ4v) is 0.382. The van der Waals surface area contributed by atoms with Crippen molar-refractivity contribution in [2.24, 2.45) is 0 Å². The third kappa shape index (κ3) is 1.28. The second kappa shape index (κ2) is 2.43. The molecule has 3 nitrogen and oxygen atoms in total. The minimum absolute atomic E-state index is 0.978. The van der Waals surface area contributed by atoms with Crippen LogP contribution < -0.4 is 0 Å². The molecule has 0 spiro atoms. The van der Waals surface area contributed by atoms with Gasteiger partial charge in [-0.1, -0.05) is 0 Å². The summed E-state index contributed by atoms with van der Waals surface area (Å²) in [5.74, 6) is -1.38. The Morgan fingerprint density at radius 2 is 2.00 bits per heavy atom. The van der Waals surface area contributed by atoms with Gasteiger partial charge >= 0.3 is 0 Å². The van der Waals surface area contributed by atoms with Crippen LogP contribution in [0.5, 0.6) is 0 Å². The minimum Gasteiger partial charge on any atom is -0.258 e. The van der Waals surface area contributed by atoms with E-state index in [1.807, 2.05) is 0 Å². The van der Waals surface area contributed by atoms with Crippen LogP contribution in [0.3, 0.4) is 0 Å². The van der Waals surface area contributed by atoms with Crippen molar-refractivity contribution >= 4 is 5.69 Å². The maximum atomic E-state index is 12.9. The third-order valence-electron chi connectivity index (χ3n) is 0.764. The zero-order chi connectivity index (χ0) is 11.0. The van der Waals surface area contributed by atoms with E-state index < -0.39 is 40.6 Å². The fourth-order valence-electron chi connectivity index (χ4n) is 0.382. The SMILES string of the molecule is [2H]c1c([2H])c([N+](=O)[O-])c([2H])c([2H])c1F. The number of nitro benzene ring substituents is 1. The minimum atomic E-state index is -1.38. The van der Waals surface area contributed by atoms with Gasteiger partial charge in [-0.05, 0) is 12.1 Å². The lowest BCUT2D eigenvalue weighted by molar-refractivity contribution is -0.384. The molecule has 0 fully saturated rings. The molecule has 0 N–H and O–H groups in total. The molecule has 0 saturated heterocycles. The van der Waals surface area contributed by atoms with Gasteiger partial charge in [-0.2, -0.15) is 0 Å². The van der Waals surface area contributed by atoms with Crippen molar-refractivity contribution in [3.05, 3.63) is 40.1 Å². The normalized spacial score (nSPS) is 14.9. The van der Waals surface area contributed by atoms with Crippen LogP contribution in [0.1, 0.15) is 5.48 Å². The summed E-state index contributed by atoms with van der Waals surface area (Å²) in [6, 6.07) is -4.02. The highest BCUT2D eigenvalue weighted by molar-refractivity contribution is 5.28. The van der Waals surface area contributed by atoms with Crippen LogP contribution in [0, 0.1) is 15.9 Å². The molecule has 0 atom stereocenters. The number of halogens is 1. The number of hydrogen-bond acceptors (Lipinski definition) is 2. The Hall–Kier alpha value is -1.45. The predicted octanol–water partition coefficient (Wildman–Crippen LogP) is 1.73. The summed E-state index contributed by atoms with van der Waals surface area (Å²) in [6.07, 6.45) is 0. The molecular formula is C6H4FNO2. The van der Waals surface area contributed by atoms with Crippen molar-refractivity contribution in [3.63, 3.8) is 0 Å². The lowest BCUT2D eigenvalue weighted by Crippen LogP contribution is -1.86. The molecule has 0 amide bonds. The average molecular weight is 145 g/mol. The summed E-state index contributed by atoms with van der Waals surface area (Å²) in [7, 11) is 0. The van der Waals surface area contributed by atoms with Gasteiger partial charge in [0.2, 0.25) is 0 Å². The van der Waals surface area contributed by atoms with Gasteiger partial charge in [0.25, 0.3) is 5.69 Å². The quantitative estimate of drug-likeness (QED) is 0.446. The molecule has 0 aliphatic rings. The molecule has 0 bridgehead atoms. The van der Waals surface area contributed by atoms with Crippen molar-refractivity contribution in [1.82, 2.24) is 0 Å². The van der Waals surface area contributed by atoms with Gasteiger partial charge in [-0.25, -0.2) is 4.39 Å². The van der Waals surface area contributed by atoms with Crippen molar-refractivity contribution in [3.8, 4) is 0 Å². The van der Waals surface area contributed by atoms with Crippen LogP contribution in [-0.2, 0) is 0 Å². The highest BCUT2D eigenvalue weighted by atomic mass is 19.1. The van der Waals surface area contributed by atoms with Gasteiger partial charge in [0.05, 0.1) is 10.4 Å². The number of nitro groups is 1. The second-order valence-corrected chi connectivity index (χ2v) is 1.42. The van der Waals surface area contributed by atoms with E-state index in [1.165, 1.54) is 0 Å². The van der Waals surface area contributed by atoms with Crippen molar-refractivity contribution in [2.75, 3.05) is 0 Å². The van der Waals surface area contributed by atoms with Crippen molar-refractivity contribution < 1.29 is 14.8 Å². The largest absolute Gasteiger partial charge is 0.269 e. The Morgan fingerprint density at radius 3 is 2.40 bits per heavy atom. The average Bonchev–Trinajstić information content (AvgIpc) is 2.11. The summed E-state index contributed by atoms with van der Waals surface area (Å²) in [5.41, 5.74) is -1.01. The Kier molecular flexibility index (Phi) is 0.751. The van der Waals surface area contributed by atoms with E-state index in [2.05, 4.69) is 0 Å². The van der Waals surface area contributed by atoms with Crippen LogP contribution >= 0.6 is 0 Å². The third-order valence-corrected chi connectivity index (χ3v) is 0.764. The van der Waals surface area contributed by atoms with E-state index in [0.29, 0.717) is 0 Å². The maximum Gasteiger partial charge on any atom is 0.269 e. The first-order valence-electron chi connectivity index (χ1n) is 4.28. The van der Waals surface area contributed by atoms with E-state index in [0.717, 1.165) is 0 Å². The molecule has 0 aromatic heterocycles. The van der Waals surface area contributed by atoms with E-state index in [1.54, 1.807) is 0 Å². The molecule has 0 heterocycles. The highest BCUT2D eigenvalue weighted by Crippen LogP contribution is 2.09. The molecule has 0 saturated carbocycles. The summed E-state index contributed by atoms with van der Waals surface area (Å²) < 4.78 is 40.8. The first kappa shape index (κ1) is 3.09. The summed E-state index contributed by atoms with van der Waals surface area (Å²) in [5, 5.41) is 10.3. The zero-order valence-electron chi connectivity index (χ0n) is 8.64. The number of hydrogen-bond donors (Lipinski definition) is 0. The molecular weight excluding hydrogens is 137 g/mol. The van der Waals surface area contributed by atoms with Gasteiger partial charge in [0.1, 0.15) is 5.82 Å². The van der Waals surface area contributed by atoms with Crippen LogP contribution in [0.25, 0.3) is 0 Å². The van der Waals surface area contributed by atoms with Gasteiger partial charge in [0.15, 0.2) is 0 Å². The van der Waals surface area contributed by atoms with Gasteiger partial charge in [-0.15, -0.1) is 0 Å². The van der Waals surface area contributed by atoms with Crippen LogP contribution in [-0.4, -0.2) is 4.92 Å². The predicted molar refractivity (Wildman–Crippen MR) is 33.1 cm³/mol. The fraction of sp³-hybridized carbons (Fsp3) is 0. The monoisotopic (exact) mass is 145 g/mol. The lowest BCUT2D eigenvalue weighted by Gasteiger charge is -1.87. The Labute approximate surface area is 61.9 Å². The molecule has 1 rings (SSSR count). The van der Waals surface area contributed by atoms with Crippen LogP contribution in [0.4, 0.5) is 10.1 Å². The summed E-state index contributed by atoms with van der Waals surface area (Å²) in [6.45, 7) is 0. The number of benzene rings is 1. The van der Waals surface area contributed by atoms with Crippen molar-refractivity contribution in [2.45, 2.75) is 0 Å². The second-order valence-electron chi connectivity index (χ2n) is 1.42. The zero-order valence-corrected chi connectivity index (χ0v) is 4.64. The van der Waals surface area contributed by atoms with Crippen LogP contribution in [0.2, 0.25) is 0 Å². The van der Waals surface area contributed by atoms with E-state index in [9.17, 15) is 14.5 Å². The Balaban J connectivity index is 3.68. The molecule has 0 radical (unpaired) electrons. The Morgan fingerprint density at radius 1 is 1.50 bits per heavy atom. The number of nitrogens with zero attached hydrogens (tertiary/aromatic N) is 1. The number of rotatable bonds is 1. The van der Waals surface area contributed by atoms with E-state index in [-0.39, 0.29) is 0 Å². The lowest BCUT2D eigenvalue weighted by atomic mass is 10.3. The molecule has 52 valence electrons. The molecule has 4 heteroatoms. The van der Waals surface area contributed by atoms with Crippen LogP contribution in [0.15, 0.2) is 24.2 Å². The topological polar surface area (TPSA) is 43.1 Å². The van der Waals surface area contributed by atoms with Crippen molar-refractivity contribution in [1.29, 1.82) is 0 Å². The smallest absolute Gasteiger partial charge is 0.258 e. The molecule has 0 aliphatic heterocycles. The van der Waals surface area contributed by atoms with Gasteiger partial charge in [0, 0.05) is 12.1 Å². The molecule has 10 heavy (non-hydrogen) atoms. The first-order chi connectivity index (χ1) is 6.37. The summed E-state index contributed by atoms with van der Waals surface area (Å²) in [4.78, 5) is 9.27. The van der Waals surface area contributed by atoms with Gasteiger partial charge < -0.3 is 0 Å². The standard InChI is InChI=1S/C6H4FNO2/c7-5-1-3-6(4-2-5)8(9)10/h1-4H/i1D,2D,3D,4D. The first-order valence-corrected chi connectivity index (χ1v) is 2.28. The molecule has 0 unspecified atom stereocenters. The molecule has 0 aliphatic carbocycles. The maximum absolute atomic E-state index is 12.9. The Bertz CT molecular complexity index is 394.